The lowest BCUT2D eigenvalue weighted by Gasteiger charge is -2.38. The number of nitrogens with zero attached hydrogens (tertiary/aromatic N) is 3. The van der Waals surface area contributed by atoms with Gasteiger partial charge in [-0.25, -0.2) is 15.3 Å². The number of hydrogen-bond donors (Lipinski definition) is 1. The van der Waals surface area contributed by atoms with Crippen LogP contribution in [0.5, 0.6) is 0 Å². The number of carbonyl (C=O) groups excluding carboxylic acids is 1. The smallest absolute Gasteiger partial charge is 0.239 e. The van der Waals surface area contributed by atoms with Gasteiger partial charge in [-0.2, -0.15) is 5.10 Å². The second kappa shape index (κ2) is 7.52. The van der Waals surface area contributed by atoms with E-state index in [9.17, 15) is 4.79 Å². The summed E-state index contributed by atoms with van der Waals surface area (Å²) >= 11 is 0. The zero-order valence-electron chi connectivity index (χ0n) is 14.6. The molecule has 1 aliphatic carbocycles. The summed E-state index contributed by atoms with van der Waals surface area (Å²) in [6, 6.07) is 19.6. The number of carbonyl (C=O) groups is 1. The zero-order valence-corrected chi connectivity index (χ0v) is 14.6. The van der Waals surface area contributed by atoms with Gasteiger partial charge in [0.25, 0.3) is 0 Å². The van der Waals surface area contributed by atoms with E-state index >= 15 is 0 Å². The SMILES string of the molecule is O=C1C2CCCCC2N=C(N/N=C/c2ccccc2)N1c1ccccc1. The molecule has 5 nitrogen and oxygen atoms in total. The highest BCUT2D eigenvalue weighted by Crippen LogP contribution is 2.33. The number of hydrogen-bond acceptors (Lipinski definition) is 4. The number of nitrogens with one attached hydrogen (secondary N) is 1. The second-order valence-electron chi connectivity index (χ2n) is 6.70. The second-order valence-corrected chi connectivity index (χ2v) is 6.70. The van der Waals surface area contributed by atoms with Crippen molar-refractivity contribution in [2.24, 2.45) is 16.0 Å². The van der Waals surface area contributed by atoms with E-state index in [2.05, 4.69) is 10.5 Å². The summed E-state index contributed by atoms with van der Waals surface area (Å²) < 4.78 is 0. The third-order valence-electron chi connectivity index (χ3n) is 4.96. The molecule has 0 saturated heterocycles. The molecule has 1 heterocycles. The third kappa shape index (κ3) is 3.38. The first kappa shape index (κ1) is 16.5. The molecule has 2 aliphatic rings. The molecule has 1 N–H and O–H groups in total. The number of benzene rings is 2. The monoisotopic (exact) mass is 346 g/mol. The molecule has 1 fully saturated rings. The molecule has 1 amide bonds. The number of para-hydroxylation sites is 1. The highest BCUT2D eigenvalue weighted by Gasteiger charge is 2.40. The maximum absolute atomic E-state index is 13.2. The van der Waals surface area contributed by atoms with Crippen LogP contribution in [-0.4, -0.2) is 24.1 Å². The summed E-state index contributed by atoms with van der Waals surface area (Å²) in [6.07, 6.45) is 5.84. The van der Waals surface area contributed by atoms with Gasteiger partial charge in [0.05, 0.1) is 23.9 Å². The summed E-state index contributed by atoms with van der Waals surface area (Å²) in [7, 11) is 0. The van der Waals surface area contributed by atoms with Crippen LogP contribution in [0.15, 0.2) is 70.8 Å². The lowest BCUT2D eigenvalue weighted by atomic mass is 9.83. The van der Waals surface area contributed by atoms with E-state index in [0.29, 0.717) is 5.96 Å². The number of anilines is 1. The van der Waals surface area contributed by atoms with Crippen LogP contribution in [0.4, 0.5) is 5.69 Å². The van der Waals surface area contributed by atoms with Gasteiger partial charge in [0.1, 0.15) is 0 Å². The van der Waals surface area contributed by atoms with E-state index in [4.69, 9.17) is 4.99 Å². The molecule has 2 aromatic rings. The number of fused-ring (bicyclic) bond motifs is 1. The Balaban J connectivity index is 1.63. The van der Waals surface area contributed by atoms with Gasteiger partial charge in [0.2, 0.25) is 11.9 Å². The standard InChI is InChI=1S/C21H22N4O/c26-20-18-13-7-8-14-19(18)23-21(25(20)17-11-5-2-6-12-17)24-22-15-16-9-3-1-4-10-16/h1-6,9-12,15,18-19H,7-8,13-14H2,(H,23,24)/b22-15+. The maximum atomic E-state index is 13.2. The Hall–Kier alpha value is -2.95. The van der Waals surface area contributed by atoms with Crippen molar-refractivity contribution in [3.8, 4) is 0 Å². The van der Waals surface area contributed by atoms with E-state index in [1.54, 1.807) is 11.1 Å². The van der Waals surface area contributed by atoms with Crippen molar-refractivity contribution in [2.45, 2.75) is 31.7 Å². The molecule has 4 rings (SSSR count). The Morgan fingerprint density at radius 1 is 1.00 bits per heavy atom. The fraction of sp³-hybridized carbons (Fsp3) is 0.286. The molecule has 2 atom stereocenters. The number of aliphatic imine (C=N–C) groups is 1. The van der Waals surface area contributed by atoms with Crippen molar-refractivity contribution in [1.29, 1.82) is 0 Å². The number of guanidine groups is 1. The van der Waals surface area contributed by atoms with Gasteiger partial charge >= 0.3 is 0 Å². The van der Waals surface area contributed by atoms with Crippen LogP contribution in [-0.2, 0) is 4.79 Å². The number of rotatable bonds is 3. The van der Waals surface area contributed by atoms with Gasteiger partial charge in [0, 0.05) is 0 Å². The first-order chi connectivity index (χ1) is 12.8. The lowest BCUT2D eigenvalue weighted by Crippen LogP contribution is -2.54. The van der Waals surface area contributed by atoms with Crippen molar-refractivity contribution in [1.82, 2.24) is 5.43 Å². The van der Waals surface area contributed by atoms with Crippen LogP contribution < -0.4 is 10.3 Å². The number of amides is 1. The lowest BCUT2D eigenvalue weighted by molar-refractivity contribution is -0.123. The van der Waals surface area contributed by atoms with Gasteiger partial charge < -0.3 is 0 Å². The highest BCUT2D eigenvalue weighted by atomic mass is 16.2. The van der Waals surface area contributed by atoms with Crippen molar-refractivity contribution in [3.05, 3.63) is 66.2 Å². The zero-order chi connectivity index (χ0) is 17.8. The third-order valence-corrected chi connectivity index (χ3v) is 4.96. The maximum Gasteiger partial charge on any atom is 0.239 e. The highest BCUT2D eigenvalue weighted by molar-refractivity contribution is 6.18. The number of hydrazone groups is 1. The fourth-order valence-corrected chi connectivity index (χ4v) is 3.65. The normalized spacial score (nSPS) is 22.8. The molecule has 1 saturated carbocycles. The predicted molar refractivity (Wildman–Crippen MR) is 104 cm³/mol. The molecule has 5 heteroatoms. The van der Waals surface area contributed by atoms with Crippen LogP contribution in [0.25, 0.3) is 0 Å². The molecular formula is C21H22N4O. The van der Waals surface area contributed by atoms with Crippen molar-refractivity contribution in [3.63, 3.8) is 0 Å². The molecular weight excluding hydrogens is 324 g/mol. The van der Waals surface area contributed by atoms with E-state index < -0.39 is 0 Å². The van der Waals surface area contributed by atoms with Crippen LogP contribution in [0.3, 0.4) is 0 Å². The summed E-state index contributed by atoms with van der Waals surface area (Å²) in [5, 5.41) is 4.31. The summed E-state index contributed by atoms with van der Waals surface area (Å²) in [5.41, 5.74) is 4.82. The molecule has 2 aromatic carbocycles. The topological polar surface area (TPSA) is 57.1 Å². The Labute approximate surface area is 153 Å². The summed E-state index contributed by atoms with van der Waals surface area (Å²) in [6.45, 7) is 0. The van der Waals surface area contributed by atoms with E-state index in [-0.39, 0.29) is 17.9 Å². The molecule has 0 bridgehead atoms. The Bertz CT molecular complexity index is 816. The molecule has 2 unspecified atom stereocenters. The quantitative estimate of drug-likeness (QED) is 0.682. The first-order valence-corrected chi connectivity index (χ1v) is 9.14. The molecule has 0 aromatic heterocycles. The average Bonchev–Trinajstić information content (AvgIpc) is 2.70. The van der Waals surface area contributed by atoms with Crippen LogP contribution in [0, 0.1) is 5.92 Å². The van der Waals surface area contributed by atoms with Crippen LogP contribution in [0.1, 0.15) is 31.2 Å². The van der Waals surface area contributed by atoms with Gasteiger partial charge in [-0.3, -0.25) is 4.79 Å². The largest absolute Gasteiger partial charge is 0.274 e. The van der Waals surface area contributed by atoms with E-state index in [1.165, 1.54) is 0 Å². The molecule has 26 heavy (non-hydrogen) atoms. The van der Waals surface area contributed by atoms with Crippen LogP contribution >= 0.6 is 0 Å². The Morgan fingerprint density at radius 3 is 2.46 bits per heavy atom. The van der Waals surface area contributed by atoms with Crippen molar-refractivity contribution < 1.29 is 4.79 Å². The Kier molecular flexibility index (Phi) is 4.78. The molecule has 132 valence electrons. The van der Waals surface area contributed by atoms with Crippen LogP contribution in [0.2, 0.25) is 0 Å². The van der Waals surface area contributed by atoms with Gasteiger partial charge in [-0.15, -0.1) is 0 Å². The van der Waals surface area contributed by atoms with E-state index in [0.717, 1.165) is 36.9 Å². The Morgan fingerprint density at radius 2 is 1.69 bits per heavy atom. The van der Waals surface area contributed by atoms with Gasteiger partial charge in [-0.05, 0) is 30.5 Å². The molecule has 0 spiro atoms. The first-order valence-electron chi connectivity index (χ1n) is 9.14. The minimum Gasteiger partial charge on any atom is -0.274 e. The summed E-state index contributed by atoms with van der Waals surface area (Å²) in [5.74, 6) is 0.609. The average molecular weight is 346 g/mol. The van der Waals surface area contributed by atoms with Gasteiger partial charge in [0.15, 0.2) is 0 Å². The fourth-order valence-electron chi connectivity index (χ4n) is 3.65. The van der Waals surface area contributed by atoms with Crippen molar-refractivity contribution >= 4 is 23.8 Å². The minimum atomic E-state index is -0.0207. The minimum absolute atomic E-state index is 0.0207. The van der Waals surface area contributed by atoms with Gasteiger partial charge in [-0.1, -0.05) is 61.4 Å². The molecule has 0 radical (unpaired) electrons. The van der Waals surface area contributed by atoms with E-state index in [1.807, 2.05) is 60.7 Å². The predicted octanol–water partition coefficient (Wildman–Crippen LogP) is 3.57. The summed E-state index contributed by atoms with van der Waals surface area (Å²) in [4.78, 5) is 19.7. The van der Waals surface area contributed by atoms with Crippen molar-refractivity contribution in [2.75, 3.05) is 4.90 Å². The molecule has 1 aliphatic heterocycles.